The van der Waals surface area contributed by atoms with Gasteiger partial charge in [-0.2, -0.15) is 0 Å². The third kappa shape index (κ3) is 12.4. The van der Waals surface area contributed by atoms with Crippen molar-refractivity contribution in [2.24, 2.45) is 0 Å². The first-order valence-corrected chi connectivity index (χ1v) is 14.0. The summed E-state index contributed by atoms with van der Waals surface area (Å²) in [7, 11) is 0. The third-order valence-corrected chi connectivity index (χ3v) is 7.24. The van der Waals surface area contributed by atoms with Gasteiger partial charge in [-0.15, -0.1) is 0 Å². The van der Waals surface area contributed by atoms with Crippen LogP contribution < -0.4 is 0 Å². The summed E-state index contributed by atoms with van der Waals surface area (Å²) in [4.78, 5) is 2.70. The maximum absolute atomic E-state index is 2.33. The molecule has 0 spiro atoms. The lowest BCUT2D eigenvalue weighted by molar-refractivity contribution is 0.589. The molecule has 2 rings (SSSR count). The van der Waals surface area contributed by atoms with E-state index in [-0.39, 0.29) is 0 Å². The molecule has 172 valence electrons. The van der Waals surface area contributed by atoms with Crippen LogP contribution in [0.4, 0.5) is 0 Å². The Morgan fingerprint density at radius 1 is 0.419 bits per heavy atom. The van der Waals surface area contributed by atoms with E-state index in [1.54, 1.807) is 0 Å². The number of hydrogen-bond donors (Lipinski definition) is 0. The minimum absolute atomic E-state index is 1.23. The van der Waals surface area contributed by atoms with Crippen LogP contribution in [0, 0.1) is 0 Å². The van der Waals surface area contributed by atoms with E-state index in [0.29, 0.717) is 0 Å². The lowest BCUT2D eigenvalue weighted by Gasteiger charge is -2.06. The number of rotatable bonds is 18. The van der Waals surface area contributed by atoms with E-state index < -0.39 is 0 Å². The van der Waals surface area contributed by atoms with E-state index in [4.69, 9.17) is 0 Å². The normalized spacial score (nSPS) is 11.2. The fourth-order valence-corrected chi connectivity index (χ4v) is 4.97. The van der Waals surface area contributed by atoms with Crippen molar-refractivity contribution in [2.45, 2.75) is 126 Å². The highest BCUT2D eigenvalue weighted by Gasteiger charge is 2.01. The molecule has 0 atom stereocenters. The zero-order valence-corrected chi connectivity index (χ0v) is 21.2. The molecule has 0 aliphatic rings. The van der Waals surface area contributed by atoms with Gasteiger partial charge in [-0.1, -0.05) is 127 Å². The molecular weight excluding hydrogens is 392 g/mol. The summed E-state index contributed by atoms with van der Waals surface area (Å²) in [5.74, 6) is 0. The molecule has 0 unspecified atom stereocenters. The Kier molecular flexibility index (Phi) is 14.6. The summed E-state index contributed by atoms with van der Waals surface area (Å²) in [5.41, 5.74) is 2.98. The van der Waals surface area contributed by atoms with Crippen LogP contribution >= 0.6 is 11.8 Å². The highest BCUT2D eigenvalue weighted by Crippen LogP contribution is 2.28. The molecule has 0 saturated heterocycles. The summed E-state index contributed by atoms with van der Waals surface area (Å²) in [6.07, 6.45) is 21.9. The van der Waals surface area contributed by atoms with E-state index in [9.17, 15) is 0 Å². The highest BCUT2D eigenvalue weighted by atomic mass is 32.2. The van der Waals surface area contributed by atoms with Crippen molar-refractivity contribution in [3.05, 3.63) is 59.7 Å². The Morgan fingerprint density at radius 2 is 0.742 bits per heavy atom. The van der Waals surface area contributed by atoms with Gasteiger partial charge < -0.3 is 0 Å². The van der Waals surface area contributed by atoms with Crippen LogP contribution in [-0.2, 0) is 12.8 Å². The third-order valence-electron chi connectivity index (χ3n) is 6.22. The number of benzene rings is 2. The van der Waals surface area contributed by atoms with Crippen LogP contribution in [0.3, 0.4) is 0 Å². The predicted molar refractivity (Wildman–Crippen MR) is 140 cm³/mol. The lowest BCUT2D eigenvalue weighted by Crippen LogP contribution is -1.87. The summed E-state index contributed by atoms with van der Waals surface area (Å²) >= 11 is 1.88. The van der Waals surface area contributed by atoms with Crippen LogP contribution in [0.15, 0.2) is 58.3 Å². The van der Waals surface area contributed by atoms with Gasteiger partial charge in [-0.25, -0.2) is 0 Å². The monoisotopic (exact) mass is 438 g/mol. The molecule has 0 bridgehead atoms. The molecule has 0 saturated carbocycles. The smallest absolute Gasteiger partial charge is 0.0122 e. The number of hydrogen-bond acceptors (Lipinski definition) is 1. The average molecular weight is 439 g/mol. The highest BCUT2D eigenvalue weighted by molar-refractivity contribution is 7.99. The van der Waals surface area contributed by atoms with Crippen molar-refractivity contribution in [2.75, 3.05) is 0 Å². The van der Waals surface area contributed by atoms with Gasteiger partial charge >= 0.3 is 0 Å². The first-order chi connectivity index (χ1) is 15.3. The minimum Gasteiger partial charge on any atom is -0.0901 e. The summed E-state index contributed by atoms with van der Waals surface area (Å²) < 4.78 is 0. The average Bonchev–Trinajstić information content (AvgIpc) is 2.80. The molecule has 0 heterocycles. The fraction of sp³-hybridized carbons (Fsp3) is 0.600. The molecule has 0 nitrogen and oxygen atoms in total. The Balaban J connectivity index is 1.61. The maximum Gasteiger partial charge on any atom is 0.0122 e. The molecule has 2 aromatic rings. The molecule has 0 aromatic heterocycles. The SMILES string of the molecule is CCCCCCCCCc1ccc(Sc2ccc(CCCCCCCCC)cc2)cc1. The van der Waals surface area contributed by atoms with Crippen LogP contribution in [0.1, 0.15) is 115 Å². The second kappa shape index (κ2) is 17.4. The molecular formula is C30H46S. The zero-order chi connectivity index (χ0) is 22.0. The van der Waals surface area contributed by atoms with E-state index in [1.807, 2.05) is 11.8 Å². The lowest BCUT2D eigenvalue weighted by atomic mass is 10.0. The molecule has 31 heavy (non-hydrogen) atoms. The molecule has 0 N–H and O–H groups in total. The largest absolute Gasteiger partial charge is 0.0901 e. The van der Waals surface area contributed by atoms with E-state index in [2.05, 4.69) is 62.4 Å². The van der Waals surface area contributed by atoms with Gasteiger partial charge in [0.25, 0.3) is 0 Å². The van der Waals surface area contributed by atoms with Gasteiger partial charge in [0.05, 0.1) is 0 Å². The van der Waals surface area contributed by atoms with E-state index in [0.717, 1.165) is 0 Å². The van der Waals surface area contributed by atoms with Crippen molar-refractivity contribution in [1.82, 2.24) is 0 Å². The molecule has 0 aliphatic heterocycles. The molecule has 2 aromatic carbocycles. The first-order valence-electron chi connectivity index (χ1n) is 13.2. The Hall–Kier alpha value is -1.21. The molecule has 1 heteroatoms. The minimum atomic E-state index is 1.23. The second-order valence-corrected chi connectivity index (χ2v) is 10.3. The Bertz CT molecular complexity index is 596. The Morgan fingerprint density at radius 3 is 1.10 bits per heavy atom. The zero-order valence-electron chi connectivity index (χ0n) is 20.3. The van der Waals surface area contributed by atoms with Crippen molar-refractivity contribution in [1.29, 1.82) is 0 Å². The van der Waals surface area contributed by atoms with E-state index >= 15 is 0 Å². The molecule has 0 fully saturated rings. The van der Waals surface area contributed by atoms with Crippen molar-refractivity contribution in [3.8, 4) is 0 Å². The van der Waals surface area contributed by atoms with Gasteiger partial charge in [-0.3, -0.25) is 0 Å². The van der Waals surface area contributed by atoms with Gasteiger partial charge in [-0.05, 0) is 61.1 Å². The predicted octanol–water partition coefficient (Wildman–Crippen LogP) is 10.4. The van der Waals surface area contributed by atoms with Crippen molar-refractivity contribution in [3.63, 3.8) is 0 Å². The number of unbranched alkanes of at least 4 members (excludes halogenated alkanes) is 12. The standard InChI is InChI=1S/C30H46S/c1-3-5-7-9-11-13-15-17-27-19-23-29(24-20-27)31-30-25-21-28(22-26-30)18-16-14-12-10-8-6-4-2/h19-26H,3-18H2,1-2H3. The van der Waals surface area contributed by atoms with Crippen LogP contribution in [0.5, 0.6) is 0 Å². The first kappa shape index (κ1) is 26.0. The maximum atomic E-state index is 2.33. The topological polar surface area (TPSA) is 0 Å². The van der Waals surface area contributed by atoms with Crippen molar-refractivity contribution < 1.29 is 0 Å². The quantitative estimate of drug-likeness (QED) is 0.208. The van der Waals surface area contributed by atoms with E-state index in [1.165, 1.54) is 124 Å². The fourth-order valence-electron chi connectivity index (χ4n) is 4.16. The van der Waals surface area contributed by atoms with Gasteiger partial charge in [0.1, 0.15) is 0 Å². The molecule has 0 amide bonds. The summed E-state index contributed by atoms with van der Waals surface area (Å²) in [6.45, 7) is 4.57. The van der Waals surface area contributed by atoms with Gasteiger partial charge in [0, 0.05) is 9.79 Å². The molecule has 0 radical (unpaired) electrons. The van der Waals surface area contributed by atoms with Crippen LogP contribution in [-0.4, -0.2) is 0 Å². The van der Waals surface area contributed by atoms with Crippen molar-refractivity contribution >= 4 is 11.8 Å². The number of aryl methyl sites for hydroxylation is 2. The van der Waals surface area contributed by atoms with Gasteiger partial charge in [0.15, 0.2) is 0 Å². The van der Waals surface area contributed by atoms with Crippen LogP contribution in [0.25, 0.3) is 0 Å². The summed E-state index contributed by atoms with van der Waals surface area (Å²) in [6, 6.07) is 18.5. The van der Waals surface area contributed by atoms with Gasteiger partial charge in [0.2, 0.25) is 0 Å². The Labute approximate surface area is 197 Å². The van der Waals surface area contributed by atoms with Crippen LogP contribution in [0.2, 0.25) is 0 Å². The molecule has 0 aliphatic carbocycles. The second-order valence-electron chi connectivity index (χ2n) is 9.13. The summed E-state index contributed by atoms with van der Waals surface area (Å²) in [5, 5.41) is 0.